The molecule has 3 fully saturated rings. The zero-order chi connectivity index (χ0) is 26.0. The van der Waals surface area contributed by atoms with Gasteiger partial charge in [-0.05, 0) is 76.4 Å². The largest absolute Gasteiger partial charge is 0.366 e. The third kappa shape index (κ3) is 5.36. The van der Waals surface area contributed by atoms with Gasteiger partial charge in [-0.3, -0.25) is 14.4 Å². The number of hydrogen-bond donors (Lipinski definition) is 2. The fraction of sp³-hybridized carbons (Fsp3) is 0.679. The topological polar surface area (TPSA) is 91.0 Å². The van der Waals surface area contributed by atoms with Crippen LogP contribution in [0.1, 0.15) is 68.8 Å². The molecule has 198 valence electrons. The lowest BCUT2D eigenvalue weighted by molar-refractivity contribution is -0.139. The van der Waals surface area contributed by atoms with Gasteiger partial charge in [0.1, 0.15) is 24.8 Å². The molecule has 3 aliphatic heterocycles. The van der Waals surface area contributed by atoms with Crippen LogP contribution in [0.15, 0.2) is 24.3 Å². The Bertz CT molecular complexity index is 941. The van der Waals surface area contributed by atoms with Crippen molar-refractivity contribution in [3.63, 3.8) is 0 Å². The van der Waals surface area contributed by atoms with Crippen LogP contribution in [0, 0.1) is 5.92 Å². The van der Waals surface area contributed by atoms with Gasteiger partial charge in [-0.1, -0.05) is 32.4 Å². The summed E-state index contributed by atoms with van der Waals surface area (Å²) in [6.07, 6.45) is 2.65. The third-order valence-corrected chi connectivity index (χ3v) is 8.51. The van der Waals surface area contributed by atoms with E-state index in [4.69, 9.17) is 4.74 Å². The summed E-state index contributed by atoms with van der Waals surface area (Å²) in [6.45, 7) is 11.1. The molecule has 0 aromatic heterocycles. The second-order valence-corrected chi connectivity index (χ2v) is 10.9. The first-order chi connectivity index (χ1) is 17.2. The van der Waals surface area contributed by atoms with Crippen molar-refractivity contribution >= 4 is 17.6 Å². The van der Waals surface area contributed by atoms with Crippen LogP contribution < -0.4 is 10.6 Å². The predicted octanol–water partition coefficient (Wildman–Crippen LogP) is 2.19. The molecule has 0 radical (unpaired) electrons. The maximum atomic E-state index is 13.7. The maximum Gasteiger partial charge on any atom is 0.251 e. The Morgan fingerprint density at radius 2 is 1.78 bits per heavy atom. The highest BCUT2D eigenvalue weighted by molar-refractivity contribution is 5.99. The van der Waals surface area contributed by atoms with E-state index in [1.165, 1.54) is 5.56 Å². The molecule has 1 aromatic rings. The summed E-state index contributed by atoms with van der Waals surface area (Å²) in [6, 6.07) is 7.05. The summed E-state index contributed by atoms with van der Waals surface area (Å²) in [5.74, 6) is -0.102. The van der Waals surface area contributed by atoms with Crippen molar-refractivity contribution < 1.29 is 19.1 Å². The molecule has 4 rings (SSSR count). The molecule has 2 N–H and O–H groups in total. The van der Waals surface area contributed by atoms with Gasteiger partial charge in [0.05, 0.1) is 6.04 Å². The van der Waals surface area contributed by atoms with Crippen molar-refractivity contribution in [2.75, 3.05) is 33.3 Å². The minimum atomic E-state index is -0.702. The Hall–Kier alpha value is -2.29. The Morgan fingerprint density at radius 1 is 1.11 bits per heavy atom. The van der Waals surface area contributed by atoms with Gasteiger partial charge in [-0.2, -0.15) is 0 Å². The minimum Gasteiger partial charge on any atom is -0.366 e. The Kier molecular flexibility index (Phi) is 8.48. The smallest absolute Gasteiger partial charge is 0.251 e. The van der Waals surface area contributed by atoms with Crippen LogP contribution in [0.5, 0.6) is 0 Å². The van der Waals surface area contributed by atoms with E-state index in [2.05, 4.69) is 41.5 Å². The minimum absolute atomic E-state index is 0.0283. The van der Waals surface area contributed by atoms with Gasteiger partial charge in [0.15, 0.2) is 5.78 Å². The van der Waals surface area contributed by atoms with E-state index in [0.29, 0.717) is 24.1 Å². The number of nitrogens with one attached hydrogen (secondary N) is 2. The van der Waals surface area contributed by atoms with Gasteiger partial charge in [0.2, 0.25) is 5.91 Å². The first kappa shape index (κ1) is 26.8. The van der Waals surface area contributed by atoms with Crippen molar-refractivity contribution in [1.29, 1.82) is 0 Å². The van der Waals surface area contributed by atoms with E-state index < -0.39 is 12.1 Å². The lowest BCUT2D eigenvalue weighted by atomic mass is 9.88. The molecule has 8 nitrogen and oxygen atoms in total. The number of likely N-dealkylation sites (tertiary alicyclic amines) is 2. The lowest BCUT2D eigenvalue weighted by Crippen LogP contribution is -2.54. The number of fused-ring (bicyclic) bond motifs is 1. The second-order valence-electron chi connectivity index (χ2n) is 10.9. The fourth-order valence-corrected chi connectivity index (χ4v) is 5.88. The molecule has 2 amide bonds. The van der Waals surface area contributed by atoms with E-state index in [0.717, 1.165) is 32.4 Å². The predicted molar refractivity (Wildman–Crippen MR) is 139 cm³/mol. The summed E-state index contributed by atoms with van der Waals surface area (Å²) in [5.41, 5.74) is 1.82. The van der Waals surface area contributed by atoms with Gasteiger partial charge in [-0.15, -0.1) is 0 Å². The van der Waals surface area contributed by atoms with Crippen LogP contribution in [-0.2, 0) is 14.3 Å². The molecule has 0 saturated carbocycles. The average Bonchev–Trinajstić information content (AvgIpc) is 3.46. The molecular weight excluding hydrogens is 456 g/mol. The number of piperidine rings is 1. The van der Waals surface area contributed by atoms with Crippen molar-refractivity contribution in [2.45, 2.75) is 83.1 Å². The zero-order valence-corrected chi connectivity index (χ0v) is 22.3. The molecule has 0 spiro atoms. The van der Waals surface area contributed by atoms with Crippen LogP contribution in [-0.4, -0.2) is 91.0 Å². The molecular formula is C28H42N4O4. The number of benzene rings is 1. The molecule has 0 bridgehead atoms. The van der Waals surface area contributed by atoms with Crippen LogP contribution in [0.25, 0.3) is 0 Å². The summed E-state index contributed by atoms with van der Waals surface area (Å²) in [7, 11) is 1.81. The number of ether oxygens (including phenoxy) is 1. The number of rotatable bonds is 8. The number of ketones is 1. The highest BCUT2D eigenvalue weighted by Gasteiger charge is 2.53. The highest BCUT2D eigenvalue weighted by Crippen LogP contribution is 2.30. The van der Waals surface area contributed by atoms with Gasteiger partial charge >= 0.3 is 0 Å². The number of amides is 2. The Morgan fingerprint density at radius 3 is 2.36 bits per heavy atom. The van der Waals surface area contributed by atoms with E-state index in [9.17, 15) is 14.4 Å². The van der Waals surface area contributed by atoms with Crippen LogP contribution in [0.3, 0.4) is 0 Å². The van der Waals surface area contributed by atoms with Crippen molar-refractivity contribution in [2.24, 2.45) is 5.92 Å². The summed E-state index contributed by atoms with van der Waals surface area (Å²) in [5, 5.41) is 6.16. The SMILES string of the molecule is CC[C@H](C)[C@H](NC(=O)c1ccc(C2CCN(C(C)C)CC2)cc1)C(=O)N1C[C@H](NC)[C@H]2OCC(=O)[C@H]21. The molecule has 5 atom stereocenters. The van der Waals surface area contributed by atoms with Gasteiger partial charge in [0.25, 0.3) is 5.91 Å². The molecule has 0 aliphatic carbocycles. The number of carbonyl (C=O) groups excluding carboxylic acids is 3. The van der Waals surface area contributed by atoms with Crippen molar-refractivity contribution in [1.82, 2.24) is 20.4 Å². The lowest BCUT2D eigenvalue weighted by Gasteiger charge is -2.34. The highest BCUT2D eigenvalue weighted by atomic mass is 16.5. The van der Waals surface area contributed by atoms with E-state index in [-0.39, 0.29) is 42.3 Å². The quantitative estimate of drug-likeness (QED) is 0.571. The summed E-state index contributed by atoms with van der Waals surface area (Å²) >= 11 is 0. The number of Topliss-reactive ketones (excluding diaryl/α,β-unsaturated/α-hetero) is 1. The Labute approximate surface area is 215 Å². The second kappa shape index (κ2) is 11.4. The summed E-state index contributed by atoms with van der Waals surface area (Å²) in [4.78, 5) is 43.5. The van der Waals surface area contributed by atoms with Crippen LogP contribution in [0.4, 0.5) is 0 Å². The molecule has 3 aliphatic rings. The van der Waals surface area contributed by atoms with E-state index in [1.54, 1.807) is 4.90 Å². The van der Waals surface area contributed by atoms with Crippen LogP contribution >= 0.6 is 0 Å². The first-order valence-electron chi connectivity index (χ1n) is 13.5. The molecule has 3 heterocycles. The third-order valence-electron chi connectivity index (χ3n) is 8.51. The van der Waals surface area contributed by atoms with Crippen LogP contribution in [0.2, 0.25) is 0 Å². The average molecular weight is 499 g/mol. The van der Waals surface area contributed by atoms with Crippen molar-refractivity contribution in [3.8, 4) is 0 Å². The molecule has 8 heteroatoms. The zero-order valence-electron chi connectivity index (χ0n) is 22.3. The number of carbonyl (C=O) groups is 3. The molecule has 36 heavy (non-hydrogen) atoms. The number of likely N-dealkylation sites (N-methyl/N-ethyl adjacent to an activating group) is 1. The van der Waals surface area contributed by atoms with Gasteiger partial charge < -0.3 is 25.2 Å². The maximum absolute atomic E-state index is 13.7. The normalized spacial score (nSPS) is 26.8. The number of nitrogens with zero attached hydrogens (tertiary/aromatic N) is 2. The summed E-state index contributed by atoms with van der Waals surface area (Å²) < 4.78 is 5.67. The monoisotopic (exact) mass is 498 g/mol. The standard InChI is InChI=1S/C28H42N4O4/c1-6-18(4)24(28(35)32-15-22(29-5)26-25(32)23(33)16-36-26)30-27(34)21-9-7-19(8-10-21)20-11-13-31(14-12-20)17(2)3/h7-10,17-18,20,22,24-26,29H,6,11-16H2,1-5H3,(H,30,34)/t18-,22-,24-,25+,26+/m0/s1. The number of hydrogen-bond acceptors (Lipinski definition) is 6. The molecule has 0 unspecified atom stereocenters. The van der Waals surface area contributed by atoms with Crippen molar-refractivity contribution in [3.05, 3.63) is 35.4 Å². The van der Waals surface area contributed by atoms with E-state index >= 15 is 0 Å². The molecule has 1 aromatic carbocycles. The molecule has 3 saturated heterocycles. The van der Waals surface area contributed by atoms with Gasteiger partial charge in [0, 0.05) is 18.2 Å². The first-order valence-corrected chi connectivity index (χ1v) is 13.5. The fourth-order valence-electron chi connectivity index (χ4n) is 5.88. The van der Waals surface area contributed by atoms with Gasteiger partial charge in [-0.25, -0.2) is 0 Å². The Balaban J connectivity index is 1.43. The van der Waals surface area contributed by atoms with E-state index in [1.807, 2.05) is 33.0 Å².